The van der Waals surface area contributed by atoms with Gasteiger partial charge in [-0.05, 0) is 44.8 Å². The fraction of sp³-hybridized carbons (Fsp3) is 0.304. The molecule has 0 radical (unpaired) electrons. The minimum Gasteiger partial charge on any atom is -0.374 e. The van der Waals surface area contributed by atoms with Crippen molar-refractivity contribution in [1.29, 1.82) is 0 Å². The number of hydrogen-bond acceptors (Lipinski definition) is 4. The summed E-state index contributed by atoms with van der Waals surface area (Å²) in [5, 5.41) is 6.23. The van der Waals surface area contributed by atoms with Gasteiger partial charge >= 0.3 is 0 Å². The summed E-state index contributed by atoms with van der Waals surface area (Å²) >= 11 is 1.67. The standard InChI is InChI=1S/C23H22N2O3S/c1-24-20-12-25(13-21(20)28-10-8-22(24)26)23(27)19-7-3-5-17-16(4-2-6-18(17)19)15-9-11-29-14-15/h2-7,9,11,14,20-21H,8,10,12-13H2,1H3/t20-,21-/m0/s1. The molecule has 2 saturated heterocycles. The third-order valence-electron chi connectivity index (χ3n) is 6.05. The first-order valence-corrected chi connectivity index (χ1v) is 10.8. The van der Waals surface area contributed by atoms with Crippen molar-refractivity contribution in [3.63, 3.8) is 0 Å². The van der Waals surface area contributed by atoms with Crippen molar-refractivity contribution < 1.29 is 14.3 Å². The van der Waals surface area contributed by atoms with E-state index >= 15 is 0 Å². The van der Waals surface area contributed by atoms with Crippen molar-refractivity contribution >= 4 is 33.9 Å². The Morgan fingerprint density at radius 1 is 1.10 bits per heavy atom. The lowest BCUT2D eigenvalue weighted by Crippen LogP contribution is -2.43. The van der Waals surface area contributed by atoms with Crippen LogP contribution >= 0.6 is 11.3 Å². The van der Waals surface area contributed by atoms with Crippen LogP contribution in [0.1, 0.15) is 16.8 Å². The van der Waals surface area contributed by atoms with Gasteiger partial charge in [-0.1, -0.05) is 30.3 Å². The number of amides is 2. The number of hydrogen-bond donors (Lipinski definition) is 0. The Hall–Kier alpha value is -2.70. The maximum atomic E-state index is 13.4. The van der Waals surface area contributed by atoms with E-state index in [1.54, 1.807) is 16.2 Å². The number of rotatable bonds is 2. The zero-order chi connectivity index (χ0) is 20.0. The molecule has 5 rings (SSSR count). The molecule has 2 atom stereocenters. The van der Waals surface area contributed by atoms with Crippen molar-refractivity contribution in [3.8, 4) is 11.1 Å². The smallest absolute Gasteiger partial charge is 0.254 e. The third-order valence-corrected chi connectivity index (χ3v) is 6.73. The molecule has 5 nitrogen and oxygen atoms in total. The van der Waals surface area contributed by atoms with Crippen LogP contribution in [0, 0.1) is 0 Å². The summed E-state index contributed by atoms with van der Waals surface area (Å²) < 4.78 is 5.88. The number of thiophene rings is 1. The molecule has 2 aromatic carbocycles. The first kappa shape index (κ1) is 18.3. The Bertz CT molecular complexity index is 1080. The quantitative estimate of drug-likeness (QED) is 0.653. The van der Waals surface area contributed by atoms with E-state index in [1.165, 1.54) is 5.56 Å². The van der Waals surface area contributed by atoms with Gasteiger partial charge in [0.15, 0.2) is 0 Å². The van der Waals surface area contributed by atoms with Crippen molar-refractivity contribution in [1.82, 2.24) is 9.80 Å². The van der Waals surface area contributed by atoms with E-state index < -0.39 is 0 Å². The van der Waals surface area contributed by atoms with Crippen LogP contribution in [0.4, 0.5) is 0 Å². The summed E-state index contributed by atoms with van der Waals surface area (Å²) in [7, 11) is 1.81. The SMILES string of the molecule is CN1C(=O)CCO[C@H]2CN(C(=O)c3cccc4c(-c5ccsc5)cccc34)C[C@@H]21. The Morgan fingerprint density at radius 2 is 1.93 bits per heavy atom. The van der Waals surface area contributed by atoms with Crippen LogP contribution < -0.4 is 0 Å². The monoisotopic (exact) mass is 406 g/mol. The lowest BCUT2D eigenvalue weighted by atomic mass is 9.96. The number of fused-ring (bicyclic) bond motifs is 2. The predicted molar refractivity (Wildman–Crippen MR) is 114 cm³/mol. The normalized spacial score (nSPS) is 22.0. The van der Waals surface area contributed by atoms with Crippen LogP contribution in [0.2, 0.25) is 0 Å². The Balaban J connectivity index is 1.49. The van der Waals surface area contributed by atoms with Gasteiger partial charge in [0, 0.05) is 25.7 Å². The third kappa shape index (κ3) is 3.12. The lowest BCUT2D eigenvalue weighted by Gasteiger charge is -2.25. The molecule has 0 saturated carbocycles. The number of carbonyl (C=O) groups is 2. The van der Waals surface area contributed by atoms with Crippen LogP contribution in [-0.4, -0.2) is 60.5 Å². The first-order chi connectivity index (χ1) is 14.1. The van der Waals surface area contributed by atoms with E-state index in [-0.39, 0.29) is 24.0 Å². The van der Waals surface area contributed by atoms with E-state index in [0.717, 1.165) is 16.3 Å². The molecule has 0 aliphatic carbocycles. The number of nitrogens with zero attached hydrogens (tertiary/aromatic N) is 2. The minimum atomic E-state index is -0.119. The summed E-state index contributed by atoms with van der Waals surface area (Å²) in [4.78, 5) is 29.2. The molecule has 1 aromatic heterocycles. The number of likely N-dealkylation sites (tertiary alicyclic amines) is 1. The highest BCUT2D eigenvalue weighted by molar-refractivity contribution is 7.08. The Kier molecular flexibility index (Phi) is 4.60. The topological polar surface area (TPSA) is 49.9 Å². The van der Waals surface area contributed by atoms with Gasteiger partial charge in [-0.15, -0.1) is 0 Å². The maximum Gasteiger partial charge on any atom is 0.254 e. The molecule has 0 N–H and O–H groups in total. The molecule has 3 aromatic rings. The Morgan fingerprint density at radius 3 is 2.76 bits per heavy atom. The van der Waals surface area contributed by atoms with Crippen molar-refractivity contribution in [2.45, 2.75) is 18.6 Å². The molecule has 2 fully saturated rings. The van der Waals surface area contributed by atoms with Gasteiger partial charge in [0.05, 0.1) is 25.2 Å². The number of carbonyl (C=O) groups excluding carboxylic acids is 2. The van der Waals surface area contributed by atoms with Gasteiger partial charge in [-0.25, -0.2) is 0 Å². The second-order valence-electron chi connectivity index (χ2n) is 7.66. The molecule has 2 aliphatic heterocycles. The van der Waals surface area contributed by atoms with Gasteiger partial charge < -0.3 is 14.5 Å². The predicted octanol–water partition coefficient (Wildman–Crippen LogP) is 3.64. The van der Waals surface area contributed by atoms with Crippen LogP contribution in [0.5, 0.6) is 0 Å². The molecule has 2 aliphatic rings. The molecule has 148 valence electrons. The maximum absolute atomic E-state index is 13.4. The van der Waals surface area contributed by atoms with Crippen LogP contribution in [0.25, 0.3) is 21.9 Å². The highest BCUT2D eigenvalue weighted by atomic mass is 32.1. The van der Waals surface area contributed by atoms with E-state index in [1.807, 2.05) is 36.2 Å². The fourth-order valence-electron chi connectivity index (χ4n) is 4.45. The van der Waals surface area contributed by atoms with Crippen LogP contribution in [-0.2, 0) is 9.53 Å². The average Bonchev–Trinajstić information content (AvgIpc) is 3.40. The number of likely N-dealkylation sites (N-methyl/N-ethyl adjacent to an activating group) is 1. The summed E-state index contributed by atoms with van der Waals surface area (Å²) in [6.07, 6.45) is 0.290. The average molecular weight is 407 g/mol. The summed E-state index contributed by atoms with van der Waals surface area (Å²) in [5.74, 6) is 0.0768. The molecule has 3 heterocycles. The van der Waals surface area contributed by atoms with Gasteiger partial charge in [0.25, 0.3) is 5.91 Å². The first-order valence-electron chi connectivity index (χ1n) is 9.84. The number of ether oxygens (including phenoxy) is 1. The second-order valence-corrected chi connectivity index (χ2v) is 8.44. The summed E-state index contributed by atoms with van der Waals surface area (Å²) in [6, 6.07) is 14.1. The number of benzene rings is 2. The van der Waals surface area contributed by atoms with Crippen molar-refractivity contribution in [2.75, 3.05) is 26.7 Å². The Labute approximate surface area is 173 Å². The highest BCUT2D eigenvalue weighted by Gasteiger charge is 2.41. The van der Waals surface area contributed by atoms with Crippen molar-refractivity contribution in [3.05, 3.63) is 58.8 Å². The van der Waals surface area contributed by atoms with Crippen LogP contribution in [0.3, 0.4) is 0 Å². The molecule has 0 unspecified atom stereocenters. The largest absolute Gasteiger partial charge is 0.374 e. The molecular weight excluding hydrogens is 384 g/mol. The second kappa shape index (κ2) is 7.28. The molecule has 29 heavy (non-hydrogen) atoms. The van der Waals surface area contributed by atoms with E-state index in [4.69, 9.17) is 4.74 Å². The molecule has 6 heteroatoms. The van der Waals surface area contributed by atoms with Gasteiger partial charge in [-0.2, -0.15) is 11.3 Å². The van der Waals surface area contributed by atoms with E-state index in [0.29, 0.717) is 31.7 Å². The van der Waals surface area contributed by atoms with Crippen molar-refractivity contribution in [2.24, 2.45) is 0 Å². The summed E-state index contributed by atoms with van der Waals surface area (Å²) in [6.45, 7) is 1.44. The van der Waals surface area contributed by atoms with Crippen LogP contribution in [0.15, 0.2) is 53.2 Å². The zero-order valence-corrected chi connectivity index (χ0v) is 17.0. The van der Waals surface area contributed by atoms with Gasteiger partial charge in [0.2, 0.25) is 5.91 Å². The summed E-state index contributed by atoms with van der Waals surface area (Å²) in [5.41, 5.74) is 3.01. The highest BCUT2D eigenvalue weighted by Crippen LogP contribution is 2.33. The lowest BCUT2D eigenvalue weighted by molar-refractivity contribution is -0.131. The minimum absolute atomic E-state index is 0.00408. The zero-order valence-electron chi connectivity index (χ0n) is 16.2. The molecule has 2 amide bonds. The van der Waals surface area contributed by atoms with Gasteiger partial charge in [-0.3, -0.25) is 9.59 Å². The molecule has 0 spiro atoms. The molecular formula is C23H22N2O3S. The molecule has 0 bridgehead atoms. The fourth-order valence-corrected chi connectivity index (χ4v) is 5.11. The van der Waals surface area contributed by atoms with E-state index in [9.17, 15) is 9.59 Å². The van der Waals surface area contributed by atoms with Gasteiger partial charge in [0.1, 0.15) is 0 Å². The van der Waals surface area contributed by atoms with E-state index in [2.05, 4.69) is 29.0 Å².